The van der Waals surface area contributed by atoms with Crippen LogP contribution in [0.2, 0.25) is 0 Å². The van der Waals surface area contributed by atoms with Gasteiger partial charge in [0.05, 0.1) is 7.11 Å². The second-order valence-corrected chi connectivity index (χ2v) is 6.67. The van der Waals surface area contributed by atoms with E-state index in [2.05, 4.69) is 31.3 Å². The lowest BCUT2D eigenvalue weighted by Gasteiger charge is -2.34. The van der Waals surface area contributed by atoms with E-state index in [0.717, 1.165) is 30.8 Å². The van der Waals surface area contributed by atoms with E-state index in [0.29, 0.717) is 6.54 Å². The fraction of sp³-hybridized carbons (Fsp3) is 0.455. The number of nitrogens with one attached hydrogen (secondary N) is 1. The Balaban J connectivity index is 1.88. The van der Waals surface area contributed by atoms with Gasteiger partial charge in [0.2, 0.25) is 0 Å². The van der Waals surface area contributed by atoms with Crippen LogP contribution in [0.4, 0.5) is 0 Å². The molecule has 0 amide bonds. The molecule has 1 atom stereocenters. The van der Waals surface area contributed by atoms with Gasteiger partial charge in [-0.2, -0.15) is 0 Å². The van der Waals surface area contributed by atoms with E-state index in [1.54, 1.807) is 7.11 Å². The summed E-state index contributed by atoms with van der Waals surface area (Å²) in [5, 5.41) is 13.9. The van der Waals surface area contributed by atoms with Crippen LogP contribution in [0, 0.1) is 0 Å². The zero-order valence-electron chi connectivity index (χ0n) is 16.1. The lowest BCUT2D eigenvalue weighted by atomic mass is 9.85. The molecule has 0 aromatic heterocycles. The third-order valence-electron chi connectivity index (χ3n) is 4.95. The third kappa shape index (κ3) is 6.04. The third-order valence-corrected chi connectivity index (χ3v) is 4.95. The zero-order valence-corrected chi connectivity index (χ0v) is 16.1. The van der Waals surface area contributed by atoms with Crippen LogP contribution in [-0.2, 0) is 6.42 Å². The number of hydrogen-bond donors (Lipinski definition) is 2. The minimum absolute atomic E-state index is 0.0394. The number of β-amino-alcohol motifs (C(OH)–C–C–N with tert-alkyl or cyclic N) is 1. The van der Waals surface area contributed by atoms with E-state index in [9.17, 15) is 5.11 Å². The molecule has 0 radical (unpaired) electrons. The van der Waals surface area contributed by atoms with Crippen LogP contribution in [-0.4, -0.2) is 37.0 Å². The first kappa shape index (κ1) is 20.3. The summed E-state index contributed by atoms with van der Waals surface area (Å²) in [6, 6.07) is 17.8. The largest absolute Gasteiger partial charge is 0.497 e. The Morgan fingerprint density at radius 2 is 1.62 bits per heavy atom. The molecular formula is C22H31NO3. The first-order valence-corrected chi connectivity index (χ1v) is 9.34. The summed E-state index contributed by atoms with van der Waals surface area (Å²) in [6.45, 7) is 5.16. The Kier molecular flexibility index (Phi) is 7.95. The first-order chi connectivity index (χ1) is 12.6. The molecule has 2 rings (SSSR count). The molecule has 26 heavy (non-hydrogen) atoms. The van der Waals surface area contributed by atoms with E-state index in [1.165, 1.54) is 5.56 Å². The summed E-state index contributed by atoms with van der Waals surface area (Å²) in [5.74, 6) is 1.65. The highest BCUT2D eigenvalue weighted by Crippen LogP contribution is 2.23. The molecule has 1 unspecified atom stereocenters. The maximum atomic E-state index is 10.3. The standard InChI is InChI=1S/C22H31NO3/c1-4-22(5-2,15-18-11-13-20(25-3)14-12-18)23-16-19(24)17-26-21-9-7-6-8-10-21/h6-14,19,23-24H,4-5,15-17H2,1-3H3. The molecular weight excluding hydrogens is 326 g/mol. The van der Waals surface area contributed by atoms with Gasteiger partial charge in [0.25, 0.3) is 0 Å². The summed E-state index contributed by atoms with van der Waals surface area (Å²) in [6.07, 6.45) is 2.34. The van der Waals surface area contributed by atoms with Gasteiger partial charge in [-0.05, 0) is 49.1 Å². The molecule has 2 aromatic rings. The van der Waals surface area contributed by atoms with Crippen molar-refractivity contribution in [2.24, 2.45) is 0 Å². The second kappa shape index (κ2) is 10.2. The molecule has 0 saturated heterocycles. The van der Waals surface area contributed by atoms with Crippen LogP contribution in [0.25, 0.3) is 0 Å². The number of para-hydroxylation sites is 1. The monoisotopic (exact) mass is 357 g/mol. The van der Waals surface area contributed by atoms with Crippen molar-refractivity contribution < 1.29 is 14.6 Å². The summed E-state index contributed by atoms with van der Waals surface area (Å²) < 4.78 is 10.9. The van der Waals surface area contributed by atoms with E-state index >= 15 is 0 Å². The molecule has 0 fully saturated rings. The number of aliphatic hydroxyl groups excluding tert-OH is 1. The van der Waals surface area contributed by atoms with Gasteiger partial charge in [-0.1, -0.05) is 44.2 Å². The minimum atomic E-state index is -0.552. The summed E-state index contributed by atoms with van der Waals surface area (Å²) >= 11 is 0. The van der Waals surface area contributed by atoms with Crippen LogP contribution in [0.15, 0.2) is 54.6 Å². The van der Waals surface area contributed by atoms with Crippen molar-refractivity contribution in [1.29, 1.82) is 0 Å². The maximum absolute atomic E-state index is 10.3. The molecule has 0 aliphatic carbocycles. The molecule has 0 bridgehead atoms. The number of benzene rings is 2. The van der Waals surface area contributed by atoms with Crippen LogP contribution in [0.1, 0.15) is 32.3 Å². The predicted molar refractivity (Wildman–Crippen MR) is 106 cm³/mol. The van der Waals surface area contributed by atoms with Crippen molar-refractivity contribution in [3.8, 4) is 11.5 Å². The number of hydrogen-bond acceptors (Lipinski definition) is 4. The minimum Gasteiger partial charge on any atom is -0.497 e. The molecule has 0 aliphatic rings. The number of ether oxygens (including phenoxy) is 2. The fourth-order valence-electron chi connectivity index (χ4n) is 3.05. The van der Waals surface area contributed by atoms with Gasteiger partial charge >= 0.3 is 0 Å². The van der Waals surface area contributed by atoms with Crippen molar-refractivity contribution >= 4 is 0 Å². The Morgan fingerprint density at radius 1 is 0.962 bits per heavy atom. The average molecular weight is 357 g/mol. The van der Waals surface area contributed by atoms with E-state index in [4.69, 9.17) is 9.47 Å². The van der Waals surface area contributed by atoms with E-state index < -0.39 is 6.10 Å². The van der Waals surface area contributed by atoms with Crippen molar-refractivity contribution in [3.63, 3.8) is 0 Å². The molecule has 2 N–H and O–H groups in total. The van der Waals surface area contributed by atoms with Crippen LogP contribution >= 0.6 is 0 Å². The molecule has 0 spiro atoms. The fourth-order valence-corrected chi connectivity index (χ4v) is 3.05. The van der Waals surface area contributed by atoms with Crippen LogP contribution in [0.3, 0.4) is 0 Å². The van der Waals surface area contributed by atoms with Crippen molar-refractivity contribution in [3.05, 3.63) is 60.2 Å². The highest BCUT2D eigenvalue weighted by molar-refractivity contribution is 5.28. The maximum Gasteiger partial charge on any atom is 0.119 e. The first-order valence-electron chi connectivity index (χ1n) is 9.34. The highest BCUT2D eigenvalue weighted by Gasteiger charge is 2.26. The molecule has 4 heteroatoms. The molecule has 4 nitrogen and oxygen atoms in total. The van der Waals surface area contributed by atoms with Gasteiger partial charge in [0.1, 0.15) is 24.2 Å². The molecule has 0 aliphatic heterocycles. The van der Waals surface area contributed by atoms with Crippen molar-refractivity contribution in [1.82, 2.24) is 5.32 Å². The Morgan fingerprint density at radius 3 is 2.19 bits per heavy atom. The SMILES string of the molecule is CCC(CC)(Cc1ccc(OC)cc1)NCC(O)COc1ccccc1. The normalized spacial score (nSPS) is 12.6. The molecule has 0 heterocycles. The van der Waals surface area contributed by atoms with Gasteiger partial charge in [-0.15, -0.1) is 0 Å². The Bertz CT molecular complexity index is 624. The topological polar surface area (TPSA) is 50.7 Å². The van der Waals surface area contributed by atoms with Gasteiger partial charge in [-0.3, -0.25) is 0 Å². The highest BCUT2D eigenvalue weighted by atomic mass is 16.5. The Hall–Kier alpha value is -2.04. The number of aliphatic hydroxyl groups is 1. The van der Waals surface area contributed by atoms with E-state index in [-0.39, 0.29) is 12.1 Å². The van der Waals surface area contributed by atoms with Crippen molar-refractivity contribution in [2.45, 2.75) is 44.8 Å². The van der Waals surface area contributed by atoms with Crippen LogP contribution < -0.4 is 14.8 Å². The van der Waals surface area contributed by atoms with Gasteiger partial charge in [0.15, 0.2) is 0 Å². The van der Waals surface area contributed by atoms with Crippen LogP contribution in [0.5, 0.6) is 11.5 Å². The second-order valence-electron chi connectivity index (χ2n) is 6.67. The lowest BCUT2D eigenvalue weighted by molar-refractivity contribution is 0.0947. The number of rotatable bonds is 11. The molecule has 142 valence electrons. The predicted octanol–water partition coefficient (Wildman–Crippen LogP) is 3.83. The van der Waals surface area contributed by atoms with Crippen molar-refractivity contribution in [2.75, 3.05) is 20.3 Å². The van der Waals surface area contributed by atoms with Gasteiger partial charge < -0.3 is 19.9 Å². The summed E-state index contributed by atoms with van der Waals surface area (Å²) in [5.41, 5.74) is 1.22. The average Bonchev–Trinajstić information content (AvgIpc) is 2.71. The summed E-state index contributed by atoms with van der Waals surface area (Å²) in [4.78, 5) is 0. The lowest BCUT2D eigenvalue weighted by Crippen LogP contribution is -2.49. The van der Waals surface area contributed by atoms with Gasteiger partial charge in [-0.25, -0.2) is 0 Å². The Labute approximate surface area is 157 Å². The smallest absolute Gasteiger partial charge is 0.119 e. The quantitative estimate of drug-likeness (QED) is 0.642. The van der Waals surface area contributed by atoms with E-state index in [1.807, 2.05) is 42.5 Å². The molecule has 0 saturated carbocycles. The van der Waals surface area contributed by atoms with Gasteiger partial charge in [0, 0.05) is 12.1 Å². The summed E-state index contributed by atoms with van der Waals surface area (Å²) in [7, 11) is 1.68. The molecule has 2 aromatic carbocycles. The zero-order chi connectivity index (χ0) is 18.8. The number of methoxy groups -OCH3 is 1.